The Morgan fingerprint density at radius 1 is 1.04 bits per heavy atom. The van der Waals surface area contributed by atoms with E-state index in [4.69, 9.17) is 34.7 Å². The van der Waals surface area contributed by atoms with Crippen molar-refractivity contribution in [1.82, 2.24) is 9.78 Å². The Morgan fingerprint density at radius 2 is 1.73 bits per heavy atom. The van der Waals surface area contributed by atoms with E-state index in [2.05, 4.69) is 10.4 Å². The summed E-state index contributed by atoms with van der Waals surface area (Å²) in [6, 6.07) is 11.6. The topological polar surface area (TPSA) is 116 Å². The largest absolute Gasteiger partial charge is 0.364 e. The van der Waals surface area contributed by atoms with Gasteiger partial charge < -0.3 is 16.8 Å². The molecule has 0 unspecified atom stereocenters. The van der Waals surface area contributed by atoms with E-state index in [1.54, 1.807) is 30.3 Å². The van der Waals surface area contributed by atoms with Gasteiger partial charge in [-0.25, -0.2) is 9.48 Å². The number of primary amides is 2. The first-order chi connectivity index (χ1) is 12.3. The number of carbonyl (C=O) groups excluding carboxylic acids is 2. The molecule has 0 saturated carbocycles. The van der Waals surface area contributed by atoms with Gasteiger partial charge in [-0.1, -0.05) is 35.3 Å². The maximum atomic E-state index is 11.5. The third-order valence-corrected chi connectivity index (χ3v) is 4.14. The minimum atomic E-state index is -0.821. The monoisotopic (exact) mass is 389 g/mol. The number of hydrogen-bond acceptors (Lipinski definition) is 3. The molecule has 2 aromatic carbocycles. The van der Waals surface area contributed by atoms with Gasteiger partial charge in [0.25, 0.3) is 5.91 Å². The fourth-order valence-corrected chi connectivity index (χ4v) is 2.82. The number of aromatic nitrogens is 2. The normalized spacial score (nSPS) is 10.5. The lowest BCUT2D eigenvalue weighted by atomic mass is 10.1. The first kappa shape index (κ1) is 17.8. The first-order valence-electron chi connectivity index (χ1n) is 7.37. The Labute approximate surface area is 158 Å². The van der Waals surface area contributed by atoms with Crippen LogP contribution in [0.25, 0.3) is 16.8 Å². The van der Waals surface area contributed by atoms with Crippen molar-refractivity contribution in [2.24, 2.45) is 11.5 Å². The average molecular weight is 390 g/mol. The Morgan fingerprint density at radius 3 is 2.35 bits per heavy atom. The zero-order valence-electron chi connectivity index (χ0n) is 13.2. The van der Waals surface area contributed by atoms with Gasteiger partial charge in [-0.05, 0) is 35.9 Å². The summed E-state index contributed by atoms with van der Waals surface area (Å²) >= 11 is 12.2. The minimum Gasteiger partial charge on any atom is -0.364 e. The number of carbonyl (C=O) groups is 2. The number of urea groups is 1. The Bertz CT molecular complexity index is 999. The molecule has 7 nitrogen and oxygen atoms in total. The Balaban J connectivity index is 1.97. The molecule has 3 aromatic rings. The molecule has 1 aromatic heterocycles. The molecule has 0 saturated heterocycles. The second-order valence-corrected chi connectivity index (χ2v) is 6.20. The highest BCUT2D eigenvalue weighted by Gasteiger charge is 2.16. The quantitative estimate of drug-likeness (QED) is 0.634. The molecule has 0 aliphatic rings. The molecule has 26 heavy (non-hydrogen) atoms. The van der Waals surface area contributed by atoms with Crippen LogP contribution in [0.2, 0.25) is 10.0 Å². The Kier molecular flexibility index (Phi) is 4.83. The van der Waals surface area contributed by atoms with Gasteiger partial charge >= 0.3 is 6.03 Å². The summed E-state index contributed by atoms with van der Waals surface area (Å²) in [6.07, 6.45) is 1.45. The van der Waals surface area contributed by atoms with E-state index in [1.165, 1.54) is 10.9 Å². The van der Waals surface area contributed by atoms with Crippen LogP contribution in [-0.4, -0.2) is 21.7 Å². The second-order valence-electron chi connectivity index (χ2n) is 5.36. The number of amides is 3. The highest BCUT2D eigenvalue weighted by atomic mass is 35.5. The molecule has 132 valence electrons. The summed E-state index contributed by atoms with van der Waals surface area (Å²) in [6.45, 7) is 0. The van der Waals surface area contributed by atoms with Crippen molar-refractivity contribution in [2.75, 3.05) is 5.32 Å². The lowest BCUT2D eigenvalue weighted by molar-refractivity contribution is 0.0996. The van der Waals surface area contributed by atoms with E-state index >= 15 is 0 Å². The maximum Gasteiger partial charge on any atom is 0.316 e. The van der Waals surface area contributed by atoms with Crippen LogP contribution >= 0.6 is 23.2 Å². The zero-order valence-corrected chi connectivity index (χ0v) is 14.8. The van der Waals surface area contributed by atoms with E-state index in [1.807, 2.05) is 12.1 Å². The number of rotatable bonds is 4. The van der Waals surface area contributed by atoms with Gasteiger partial charge in [-0.2, -0.15) is 5.10 Å². The number of benzene rings is 2. The van der Waals surface area contributed by atoms with E-state index in [9.17, 15) is 9.59 Å². The maximum absolute atomic E-state index is 11.5. The highest BCUT2D eigenvalue weighted by molar-refractivity contribution is 6.35. The van der Waals surface area contributed by atoms with Crippen LogP contribution in [0.1, 0.15) is 10.5 Å². The summed E-state index contributed by atoms with van der Waals surface area (Å²) in [5, 5.41) is 7.56. The lowest BCUT2D eigenvalue weighted by Crippen LogP contribution is -2.22. The predicted molar refractivity (Wildman–Crippen MR) is 101 cm³/mol. The molecule has 5 N–H and O–H groups in total. The molecular formula is C17H13Cl2N5O2. The van der Waals surface area contributed by atoms with Crippen LogP contribution in [0.4, 0.5) is 10.5 Å². The smallest absolute Gasteiger partial charge is 0.316 e. The van der Waals surface area contributed by atoms with Crippen LogP contribution in [0.15, 0.2) is 48.7 Å². The van der Waals surface area contributed by atoms with Crippen molar-refractivity contribution in [3.8, 4) is 16.8 Å². The molecule has 0 radical (unpaired) electrons. The van der Waals surface area contributed by atoms with Crippen LogP contribution in [0.5, 0.6) is 0 Å². The van der Waals surface area contributed by atoms with E-state index in [0.29, 0.717) is 15.7 Å². The van der Waals surface area contributed by atoms with Crippen molar-refractivity contribution in [3.63, 3.8) is 0 Å². The van der Waals surface area contributed by atoms with Crippen molar-refractivity contribution < 1.29 is 9.59 Å². The van der Waals surface area contributed by atoms with Crippen LogP contribution < -0.4 is 16.8 Å². The van der Waals surface area contributed by atoms with Gasteiger partial charge in [0.15, 0.2) is 5.69 Å². The summed E-state index contributed by atoms with van der Waals surface area (Å²) in [4.78, 5) is 22.5. The van der Waals surface area contributed by atoms with Crippen molar-refractivity contribution in [1.29, 1.82) is 0 Å². The SMILES string of the molecule is NC(=O)Nc1cn(-c2ccc(-c3cc(Cl)ccc3Cl)cc2)nc1C(N)=O. The van der Waals surface area contributed by atoms with Gasteiger partial charge in [-0.15, -0.1) is 0 Å². The van der Waals surface area contributed by atoms with E-state index < -0.39 is 11.9 Å². The van der Waals surface area contributed by atoms with Crippen LogP contribution in [0.3, 0.4) is 0 Å². The number of halogens is 2. The molecule has 3 rings (SSSR count). The zero-order chi connectivity index (χ0) is 18.8. The molecule has 1 heterocycles. The van der Waals surface area contributed by atoms with Crippen LogP contribution in [-0.2, 0) is 0 Å². The molecule has 0 fully saturated rings. The minimum absolute atomic E-state index is 0.0919. The molecule has 3 amide bonds. The van der Waals surface area contributed by atoms with Crippen LogP contribution in [0, 0.1) is 0 Å². The fraction of sp³-hybridized carbons (Fsp3) is 0. The molecule has 0 spiro atoms. The van der Waals surface area contributed by atoms with Gasteiger partial charge in [0.2, 0.25) is 0 Å². The average Bonchev–Trinajstić information content (AvgIpc) is 3.00. The first-order valence-corrected chi connectivity index (χ1v) is 8.12. The van der Waals surface area contributed by atoms with Crippen molar-refractivity contribution >= 4 is 40.8 Å². The summed E-state index contributed by atoms with van der Waals surface area (Å²) in [5.74, 6) is -0.783. The highest BCUT2D eigenvalue weighted by Crippen LogP contribution is 2.31. The summed E-state index contributed by atoms with van der Waals surface area (Å²) in [7, 11) is 0. The Hall–Kier alpha value is -3.03. The van der Waals surface area contributed by atoms with Crippen molar-refractivity contribution in [2.45, 2.75) is 0 Å². The number of nitrogens with zero attached hydrogens (tertiary/aromatic N) is 2. The molecular weight excluding hydrogens is 377 g/mol. The standard InChI is InChI=1S/C17H13Cl2N5O2/c18-10-3-6-13(19)12(7-10)9-1-4-11(5-2-9)24-8-14(22-17(21)26)15(23-24)16(20)25/h1-8H,(H2,20,25)(H3,21,22,26). The van der Waals surface area contributed by atoms with E-state index in [-0.39, 0.29) is 11.4 Å². The molecule has 0 aliphatic carbocycles. The molecule has 0 aliphatic heterocycles. The molecule has 9 heteroatoms. The molecule has 0 atom stereocenters. The third kappa shape index (κ3) is 3.63. The van der Waals surface area contributed by atoms with Gasteiger partial charge in [0.1, 0.15) is 0 Å². The molecule has 0 bridgehead atoms. The van der Waals surface area contributed by atoms with Gasteiger partial charge in [-0.3, -0.25) is 4.79 Å². The lowest BCUT2D eigenvalue weighted by Gasteiger charge is -2.07. The van der Waals surface area contributed by atoms with Gasteiger partial charge in [0, 0.05) is 15.6 Å². The third-order valence-electron chi connectivity index (χ3n) is 3.58. The number of nitrogens with one attached hydrogen (secondary N) is 1. The second kappa shape index (κ2) is 7.07. The van der Waals surface area contributed by atoms with E-state index in [0.717, 1.165) is 11.1 Å². The van der Waals surface area contributed by atoms with Gasteiger partial charge in [0.05, 0.1) is 17.6 Å². The predicted octanol–water partition coefficient (Wildman–Crippen LogP) is 3.44. The number of anilines is 1. The fourth-order valence-electron chi connectivity index (χ4n) is 2.42. The number of nitrogens with two attached hydrogens (primary N) is 2. The summed E-state index contributed by atoms with van der Waals surface area (Å²) in [5.41, 5.74) is 12.7. The summed E-state index contributed by atoms with van der Waals surface area (Å²) < 4.78 is 1.41. The van der Waals surface area contributed by atoms with Crippen molar-refractivity contribution in [3.05, 3.63) is 64.4 Å². The number of hydrogen-bond donors (Lipinski definition) is 3.